The predicted molar refractivity (Wildman–Crippen MR) is 86.0 cm³/mol. The molecule has 21 heavy (non-hydrogen) atoms. The first-order chi connectivity index (χ1) is 10.0. The summed E-state index contributed by atoms with van der Waals surface area (Å²) < 4.78 is 0.758. The van der Waals surface area contributed by atoms with Crippen LogP contribution in [0.2, 0.25) is 5.02 Å². The lowest BCUT2D eigenvalue weighted by Crippen LogP contribution is -2.19. The molecule has 1 aliphatic rings. The minimum atomic E-state index is -0.0795. The van der Waals surface area contributed by atoms with Gasteiger partial charge in [0.25, 0.3) is 0 Å². The molecule has 1 N–H and O–H groups in total. The maximum Gasteiger partial charge on any atom is 0.224 e. The van der Waals surface area contributed by atoms with Crippen LogP contribution in [-0.4, -0.2) is 11.7 Å². The van der Waals surface area contributed by atoms with E-state index in [1.54, 1.807) is 30.3 Å². The van der Waals surface area contributed by atoms with Gasteiger partial charge in [0.15, 0.2) is 5.78 Å². The first-order valence-corrected chi connectivity index (χ1v) is 7.64. The fourth-order valence-corrected chi connectivity index (χ4v) is 2.76. The normalized spacial score (nSPS) is 13.5. The first kappa shape index (κ1) is 14.3. The van der Waals surface area contributed by atoms with Gasteiger partial charge >= 0.3 is 0 Å². The van der Waals surface area contributed by atoms with Gasteiger partial charge in [0.1, 0.15) is 0 Å². The molecule has 0 spiro atoms. The lowest BCUT2D eigenvalue weighted by Gasteiger charge is -2.17. The number of hydrogen-bond donors (Lipinski definition) is 1. The van der Waals surface area contributed by atoms with Crippen LogP contribution < -0.4 is 5.32 Å². The van der Waals surface area contributed by atoms with Crippen molar-refractivity contribution in [2.75, 3.05) is 5.32 Å². The number of benzene rings is 2. The van der Waals surface area contributed by atoms with E-state index in [-0.39, 0.29) is 11.7 Å². The van der Waals surface area contributed by atoms with Crippen LogP contribution in [0.25, 0.3) is 0 Å². The van der Waals surface area contributed by atoms with E-state index in [0.29, 0.717) is 29.0 Å². The topological polar surface area (TPSA) is 46.2 Å². The van der Waals surface area contributed by atoms with Gasteiger partial charge in [0.05, 0.1) is 5.02 Å². The number of fused-ring (bicyclic) bond motifs is 1. The van der Waals surface area contributed by atoms with E-state index in [2.05, 4.69) is 21.2 Å². The largest absolute Gasteiger partial charge is 0.326 e. The number of halogens is 2. The van der Waals surface area contributed by atoms with Gasteiger partial charge in [-0.15, -0.1) is 0 Å². The monoisotopic (exact) mass is 363 g/mol. The second kappa shape index (κ2) is 5.62. The summed E-state index contributed by atoms with van der Waals surface area (Å²) >= 11 is 9.34. The molecule has 0 radical (unpaired) electrons. The Hall–Kier alpha value is -1.65. The molecule has 106 valence electrons. The molecule has 2 aromatic carbocycles. The first-order valence-electron chi connectivity index (χ1n) is 6.47. The van der Waals surface area contributed by atoms with Gasteiger partial charge in [-0.25, -0.2) is 0 Å². The number of amides is 1. The van der Waals surface area contributed by atoms with Crippen LogP contribution in [0.3, 0.4) is 0 Å². The Morgan fingerprint density at radius 1 is 1.10 bits per heavy atom. The third kappa shape index (κ3) is 2.87. The zero-order valence-electron chi connectivity index (χ0n) is 11.0. The minimum Gasteiger partial charge on any atom is -0.326 e. The van der Waals surface area contributed by atoms with Gasteiger partial charge in [-0.3, -0.25) is 9.59 Å². The van der Waals surface area contributed by atoms with Crippen molar-refractivity contribution in [3.8, 4) is 0 Å². The Balaban J connectivity index is 1.95. The summed E-state index contributed by atoms with van der Waals surface area (Å²) in [6.07, 6.45) is 1.11. The maximum atomic E-state index is 12.5. The summed E-state index contributed by atoms with van der Waals surface area (Å²) in [5.74, 6) is -0.0645. The van der Waals surface area contributed by atoms with Crippen molar-refractivity contribution in [1.29, 1.82) is 0 Å². The molecule has 1 heterocycles. The van der Waals surface area contributed by atoms with Crippen molar-refractivity contribution < 1.29 is 9.59 Å². The summed E-state index contributed by atoms with van der Waals surface area (Å²) in [4.78, 5) is 23.8. The maximum absolute atomic E-state index is 12.5. The highest BCUT2D eigenvalue weighted by Gasteiger charge is 2.17. The second-order valence-corrected chi connectivity index (χ2v) is 6.14. The average molecular weight is 365 g/mol. The molecule has 0 bridgehead atoms. The van der Waals surface area contributed by atoms with Crippen LogP contribution in [0.4, 0.5) is 5.69 Å². The molecule has 1 aliphatic heterocycles. The number of aryl methyl sites for hydroxylation is 1. The van der Waals surface area contributed by atoms with Gasteiger partial charge in [-0.1, -0.05) is 11.6 Å². The van der Waals surface area contributed by atoms with E-state index in [4.69, 9.17) is 11.6 Å². The van der Waals surface area contributed by atoms with Gasteiger partial charge in [-0.05, 0) is 64.3 Å². The summed E-state index contributed by atoms with van der Waals surface area (Å²) in [6.45, 7) is 0. The van der Waals surface area contributed by atoms with Crippen molar-refractivity contribution in [3.63, 3.8) is 0 Å². The number of carbonyl (C=O) groups excluding carboxylic acids is 2. The zero-order valence-corrected chi connectivity index (χ0v) is 13.3. The van der Waals surface area contributed by atoms with Crippen LogP contribution >= 0.6 is 27.5 Å². The Morgan fingerprint density at radius 2 is 1.81 bits per heavy atom. The van der Waals surface area contributed by atoms with Crippen molar-refractivity contribution in [2.24, 2.45) is 0 Å². The number of nitrogens with one attached hydrogen (secondary N) is 1. The molecular formula is C16H11BrClNO2. The van der Waals surface area contributed by atoms with Crippen LogP contribution in [0.5, 0.6) is 0 Å². The number of anilines is 1. The molecule has 0 aromatic heterocycles. The molecule has 0 atom stereocenters. The van der Waals surface area contributed by atoms with E-state index in [1.165, 1.54) is 0 Å². The van der Waals surface area contributed by atoms with Crippen LogP contribution in [0.15, 0.2) is 40.9 Å². The quantitative estimate of drug-likeness (QED) is 0.811. The third-order valence-corrected chi connectivity index (χ3v) is 4.68. The van der Waals surface area contributed by atoms with Gasteiger partial charge in [0, 0.05) is 27.7 Å². The molecule has 2 aromatic rings. The summed E-state index contributed by atoms with van der Waals surface area (Å²) in [5.41, 5.74) is 2.92. The van der Waals surface area contributed by atoms with Crippen molar-refractivity contribution in [3.05, 3.63) is 62.6 Å². The molecule has 0 saturated heterocycles. The minimum absolute atomic E-state index is 0.0151. The zero-order chi connectivity index (χ0) is 15.0. The lowest BCUT2D eigenvalue weighted by atomic mass is 9.96. The molecular weight excluding hydrogens is 354 g/mol. The molecule has 0 aliphatic carbocycles. The summed E-state index contributed by atoms with van der Waals surface area (Å²) in [7, 11) is 0. The molecule has 3 rings (SSSR count). The van der Waals surface area contributed by atoms with Crippen LogP contribution in [-0.2, 0) is 11.2 Å². The lowest BCUT2D eigenvalue weighted by molar-refractivity contribution is -0.116. The Bertz CT molecular complexity index is 758. The Kier molecular flexibility index (Phi) is 3.83. The predicted octanol–water partition coefficient (Wildman–Crippen LogP) is 4.22. The van der Waals surface area contributed by atoms with E-state index < -0.39 is 0 Å². The Labute approximate surface area is 135 Å². The van der Waals surface area contributed by atoms with Gasteiger partial charge < -0.3 is 5.32 Å². The molecule has 3 nitrogen and oxygen atoms in total. The second-order valence-electron chi connectivity index (χ2n) is 4.88. The third-order valence-electron chi connectivity index (χ3n) is 3.44. The smallest absolute Gasteiger partial charge is 0.224 e. The van der Waals surface area contributed by atoms with Crippen molar-refractivity contribution >= 4 is 44.9 Å². The van der Waals surface area contributed by atoms with Gasteiger partial charge in [0.2, 0.25) is 5.91 Å². The number of ketones is 1. The molecule has 0 unspecified atom stereocenters. The molecule has 5 heteroatoms. The van der Waals surface area contributed by atoms with Crippen LogP contribution in [0.1, 0.15) is 27.9 Å². The highest BCUT2D eigenvalue weighted by Crippen LogP contribution is 2.27. The number of carbonyl (C=O) groups is 2. The molecule has 0 fully saturated rings. The van der Waals surface area contributed by atoms with E-state index in [9.17, 15) is 9.59 Å². The summed E-state index contributed by atoms with van der Waals surface area (Å²) in [5, 5.41) is 3.31. The molecule has 0 saturated carbocycles. The molecule has 1 amide bonds. The fraction of sp³-hybridized carbons (Fsp3) is 0.125. The van der Waals surface area contributed by atoms with Crippen molar-refractivity contribution in [1.82, 2.24) is 0 Å². The van der Waals surface area contributed by atoms with E-state index in [0.717, 1.165) is 15.7 Å². The van der Waals surface area contributed by atoms with Gasteiger partial charge in [-0.2, -0.15) is 0 Å². The highest BCUT2D eigenvalue weighted by molar-refractivity contribution is 9.10. The SMILES string of the molecule is O=C1CCc2cc(C(=O)c3ccc(Br)c(Cl)c3)ccc2N1. The number of rotatable bonds is 2. The average Bonchev–Trinajstić information content (AvgIpc) is 2.49. The number of hydrogen-bond acceptors (Lipinski definition) is 2. The van der Waals surface area contributed by atoms with Crippen LogP contribution in [0, 0.1) is 0 Å². The highest BCUT2D eigenvalue weighted by atomic mass is 79.9. The van der Waals surface area contributed by atoms with Crippen molar-refractivity contribution in [2.45, 2.75) is 12.8 Å². The standard InChI is InChI=1S/C16H11BrClNO2/c17-12-4-1-11(8-13(12)18)16(21)10-2-5-14-9(7-10)3-6-15(20)19-14/h1-2,4-5,7-8H,3,6H2,(H,19,20). The summed E-state index contributed by atoms with van der Waals surface area (Å²) in [6, 6.07) is 10.5. The Morgan fingerprint density at radius 3 is 2.57 bits per heavy atom. The fourth-order valence-electron chi connectivity index (χ4n) is 2.33. The van der Waals surface area contributed by atoms with E-state index in [1.807, 2.05) is 6.07 Å². The van der Waals surface area contributed by atoms with E-state index >= 15 is 0 Å².